The van der Waals surface area contributed by atoms with Crippen LogP contribution in [0.5, 0.6) is 5.75 Å². The molecule has 3 rings (SSSR count). The van der Waals surface area contributed by atoms with Crippen molar-refractivity contribution in [2.45, 2.75) is 26.9 Å². The highest BCUT2D eigenvalue weighted by Gasteiger charge is 2.11. The van der Waals surface area contributed by atoms with Gasteiger partial charge in [0.1, 0.15) is 5.75 Å². The maximum absolute atomic E-state index is 12.4. The van der Waals surface area contributed by atoms with Gasteiger partial charge < -0.3 is 10.1 Å². The normalized spacial score (nSPS) is 10.4. The van der Waals surface area contributed by atoms with Gasteiger partial charge in [0.2, 0.25) is 0 Å². The number of benzene rings is 3. The molecule has 3 aromatic rings. The minimum absolute atomic E-state index is 0.0381. The monoisotopic (exact) mass is 431 g/mol. The summed E-state index contributed by atoms with van der Waals surface area (Å²) in [7, 11) is 0. The zero-order valence-electron chi connectivity index (χ0n) is 18.1. The van der Waals surface area contributed by atoms with E-state index in [1.165, 1.54) is 0 Å². The Labute approximate surface area is 186 Å². The molecule has 3 aromatic carbocycles. The van der Waals surface area contributed by atoms with Crippen LogP contribution in [-0.2, 0) is 0 Å². The smallest absolute Gasteiger partial charge is 0.269 e. The number of rotatable bonds is 6. The predicted octanol–water partition coefficient (Wildman–Crippen LogP) is 4.11. The first kappa shape index (κ1) is 22.6. The third-order valence-electron chi connectivity index (χ3n) is 4.57. The average molecular weight is 431 g/mol. The summed E-state index contributed by atoms with van der Waals surface area (Å²) >= 11 is 0. The fourth-order valence-corrected chi connectivity index (χ4v) is 2.95. The van der Waals surface area contributed by atoms with Gasteiger partial charge in [0, 0.05) is 22.4 Å². The molecule has 0 aliphatic rings. The molecule has 0 saturated heterocycles. The quantitative estimate of drug-likeness (QED) is 0.512. The Kier molecular flexibility index (Phi) is 7.23. The van der Waals surface area contributed by atoms with Gasteiger partial charge in [0.05, 0.1) is 6.10 Å². The highest BCUT2D eigenvalue weighted by atomic mass is 16.5. The molecular weight excluding hydrogens is 406 g/mol. The molecule has 0 saturated carbocycles. The zero-order chi connectivity index (χ0) is 23.1. The van der Waals surface area contributed by atoms with Crippen LogP contribution in [0.1, 0.15) is 50.5 Å². The minimum Gasteiger partial charge on any atom is -0.491 e. The Bertz CT molecular complexity index is 1110. The van der Waals surface area contributed by atoms with Crippen LogP contribution in [0.2, 0.25) is 0 Å². The van der Waals surface area contributed by atoms with Crippen molar-refractivity contribution in [3.63, 3.8) is 0 Å². The number of hydrogen-bond acceptors (Lipinski definition) is 4. The fourth-order valence-electron chi connectivity index (χ4n) is 2.95. The largest absolute Gasteiger partial charge is 0.491 e. The van der Waals surface area contributed by atoms with Crippen molar-refractivity contribution in [2.75, 3.05) is 5.32 Å². The third-order valence-corrected chi connectivity index (χ3v) is 4.57. The zero-order valence-corrected chi connectivity index (χ0v) is 18.1. The van der Waals surface area contributed by atoms with Crippen molar-refractivity contribution in [2.24, 2.45) is 0 Å². The van der Waals surface area contributed by atoms with Crippen LogP contribution in [0.25, 0.3) is 0 Å². The summed E-state index contributed by atoms with van der Waals surface area (Å²) in [6.45, 7) is 5.70. The number of hydrazine groups is 1. The Balaban J connectivity index is 1.54. The van der Waals surface area contributed by atoms with Crippen molar-refractivity contribution in [1.29, 1.82) is 0 Å². The van der Waals surface area contributed by atoms with E-state index in [1.807, 2.05) is 32.9 Å². The summed E-state index contributed by atoms with van der Waals surface area (Å²) < 4.78 is 5.54. The van der Waals surface area contributed by atoms with Gasteiger partial charge >= 0.3 is 0 Å². The predicted molar refractivity (Wildman–Crippen MR) is 123 cm³/mol. The van der Waals surface area contributed by atoms with Gasteiger partial charge in [0.15, 0.2) is 0 Å². The molecule has 0 spiro atoms. The van der Waals surface area contributed by atoms with Gasteiger partial charge in [-0.25, -0.2) is 0 Å². The summed E-state index contributed by atoms with van der Waals surface area (Å²) in [5, 5.41) is 2.80. The van der Waals surface area contributed by atoms with Crippen molar-refractivity contribution >= 4 is 23.4 Å². The number of anilines is 1. The first-order valence-corrected chi connectivity index (χ1v) is 10.2. The molecular formula is C25H25N3O4. The van der Waals surface area contributed by atoms with Crippen LogP contribution >= 0.6 is 0 Å². The molecule has 32 heavy (non-hydrogen) atoms. The van der Waals surface area contributed by atoms with Crippen molar-refractivity contribution in [1.82, 2.24) is 10.9 Å². The number of hydrogen-bond donors (Lipinski definition) is 3. The molecule has 0 atom stereocenters. The van der Waals surface area contributed by atoms with Crippen LogP contribution in [0.4, 0.5) is 5.69 Å². The standard InChI is InChI=1S/C25H25N3O4/c1-16(2)32-21-14-10-19(11-15-21)24(30)28-27-23(29)18-8-12-20(13-9-18)26-25(31)22-7-5-4-6-17(22)3/h4-16H,1-3H3,(H,26,31)(H,27,29)(H,28,30). The second-order valence-corrected chi connectivity index (χ2v) is 7.45. The van der Waals surface area contributed by atoms with E-state index < -0.39 is 11.8 Å². The molecule has 0 radical (unpaired) electrons. The number of amides is 3. The Morgan fingerprint density at radius 2 is 1.25 bits per heavy atom. The highest BCUT2D eigenvalue weighted by Crippen LogP contribution is 2.15. The maximum Gasteiger partial charge on any atom is 0.269 e. The average Bonchev–Trinajstić information content (AvgIpc) is 2.78. The van der Waals surface area contributed by atoms with E-state index in [-0.39, 0.29) is 12.0 Å². The summed E-state index contributed by atoms with van der Waals surface area (Å²) in [6, 6.07) is 20.3. The Hall–Kier alpha value is -4.13. The second kappa shape index (κ2) is 10.3. The summed E-state index contributed by atoms with van der Waals surface area (Å²) in [6.07, 6.45) is 0.0381. The molecule has 0 fully saturated rings. The Morgan fingerprint density at radius 3 is 1.78 bits per heavy atom. The SMILES string of the molecule is Cc1ccccc1C(=O)Nc1ccc(C(=O)NNC(=O)c2ccc(OC(C)C)cc2)cc1. The molecule has 7 heteroatoms. The lowest BCUT2D eigenvalue weighted by Gasteiger charge is -2.11. The lowest BCUT2D eigenvalue weighted by molar-refractivity contribution is 0.0846. The summed E-state index contributed by atoms with van der Waals surface area (Å²) in [4.78, 5) is 37.0. The van der Waals surface area contributed by atoms with Crippen LogP contribution in [0, 0.1) is 6.92 Å². The molecule has 0 aliphatic heterocycles. The van der Waals surface area contributed by atoms with Crippen LogP contribution in [0.15, 0.2) is 72.8 Å². The molecule has 0 aromatic heterocycles. The van der Waals surface area contributed by atoms with Gasteiger partial charge in [-0.05, 0) is 80.9 Å². The molecule has 164 valence electrons. The number of ether oxygens (including phenoxy) is 1. The Morgan fingerprint density at radius 1 is 0.719 bits per heavy atom. The van der Waals surface area contributed by atoms with Gasteiger partial charge in [0.25, 0.3) is 17.7 Å². The number of nitrogens with one attached hydrogen (secondary N) is 3. The van der Waals surface area contributed by atoms with E-state index in [0.717, 1.165) is 5.56 Å². The number of carbonyl (C=O) groups is 3. The van der Waals surface area contributed by atoms with E-state index >= 15 is 0 Å². The topological polar surface area (TPSA) is 96.5 Å². The van der Waals surface area contributed by atoms with Gasteiger partial charge in [-0.1, -0.05) is 18.2 Å². The summed E-state index contributed by atoms with van der Waals surface area (Å²) in [5.74, 6) is -0.487. The van der Waals surface area contributed by atoms with E-state index in [0.29, 0.717) is 28.1 Å². The third kappa shape index (κ3) is 5.95. The van der Waals surface area contributed by atoms with E-state index in [1.54, 1.807) is 60.7 Å². The first-order chi connectivity index (χ1) is 15.3. The highest BCUT2D eigenvalue weighted by molar-refractivity contribution is 6.05. The second-order valence-electron chi connectivity index (χ2n) is 7.45. The number of aryl methyl sites for hydroxylation is 1. The van der Waals surface area contributed by atoms with Crippen LogP contribution in [-0.4, -0.2) is 23.8 Å². The van der Waals surface area contributed by atoms with Gasteiger partial charge in [-0.2, -0.15) is 0 Å². The molecule has 0 heterocycles. The van der Waals surface area contributed by atoms with Crippen molar-refractivity contribution in [3.05, 3.63) is 95.1 Å². The lowest BCUT2D eigenvalue weighted by Crippen LogP contribution is -2.41. The van der Waals surface area contributed by atoms with E-state index in [4.69, 9.17) is 4.74 Å². The molecule has 7 nitrogen and oxygen atoms in total. The number of carbonyl (C=O) groups excluding carboxylic acids is 3. The molecule has 0 aliphatic carbocycles. The van der Waals surface area contributed by atoms with Crippen LogP contribution in [0.3, 0.4) is 0 Å². The lowest BCUT2D eigenvalue weighted by atomic mass is 10.1. The van der Waals surface area contributed by atoms with E-state index in [9.17, 15) is 14.4 Å². The molecule has 3 N–H and O–H groups in total. The van der Waals surface area contributed by atoms with Crippen molar-refractivity contribution < 1.29 is 19.1 Å². The molecule has 3 amide bonds. The van der Waals surface area contributed by atoms with Gasteiger partial charge in [-0.15, -0.1) is 0 Å². The van der Waals surface area contributed by atoms with Crippen LogP contribution < -0.4 is 20.9 Å². The van der Waals surface area contributed by atoms with Crippen molar-refractivity contribution in [3.8, 4) is 5.75 Å². The molecule has 0 bridgehead atoms. The maximum atomic E-state index is 12.4. The molecule has 0 unspecified atom stereocenters. The fraction of sp³-hybridized carbons (Fsp3) is 0.160. The summed E-state index contributed by atoms with van der Waals surface area (Å²) in [5.41, 5.74) is 7.50. The minimum atomic E-state index is -0.477. The van der Waals surface area contributed by atoms with E-state index in [2.05, 4.69) is 16.2 Å². The first-order valence-electron chi connectivity index (χ1n) is 10.2. The van der Waals surface area contributed by atoms with Gasteiger partial charge in [-0.3, -0.25) is 25.2 Å².